The first-order valence-corrected chi connectivity index (χ1v) is 40.7. The summed E-state index contributed by atoms with van der Waals surface area (Å²) in [6, 6.07) is 30.5. The molecule has 1 aliphatic carbocycles. The van der Waals surface area contributed by atoms with E-state index in [9.17, 15) is 33.7 Å². The third-order valence-corrected chi connectivity index (χ3v) is 27.4. The van der Waals surface area contributed by atoms with E-state index >= 15 is 0 Å². The molecule has 0 amide bonds. The van der Waals surface area contributed by atoms with Gasteiger partial charge in [0.25, 0.3) is 0 Å². The summed E-state index contributed by atoms with van der Waals surface area (Å²) in [6.45, 7) is 27.0. The van der Waals surface area contributed by atoms with Crippen LogP contribution in [-0.2, 0) is 40.1 Å². The summed E-state index contributed by atoms with van der Waals surface area (Å²) in [5, 5.41) is 12.8. The zero-order valence-corrected chi connectivity index (χ0v) is 59.3. The highest BCUT2D eigenvalue weighted by Gasteiger charge is 2.49. The molecule has 512 valence electrons. The molecule has 19 nitrogen and oxygen atoms in total. The molecule has 0 radical (unpaired) electrons. The molecule has 0 aromatic heterocycles. The number of hydrogen-bond donors (Lipinski definition) is 7. The molecule has 92 heavy (non-hydrogen) atoms. The zero-order valence-electron chi connectivity index (χ0n) is 56.0. The summed E-state index contributed by atoms with van der Waals surface area (Å²) in [5.74, 6) is 0.441. The molecule has 9 rings (SSSR count). The lowest BCUT2D eigenvalue weighted by Crippen LogP contribution is -2.49. The first kappa shape index (κ1) is 72.5. The summed E-state index contributed by atoms with van der Waals surface area (Å²) in [7, 11) is -15.1. The molecule has 4 aromatic rings. The molecule has 0 spiro atoms. The first-order chi connectivity index (χ1) is 44.2. The lowest BCUT2D eigenvalue weighted by molar-refractivity contribution is 0.284. The number of sulfonamides is 4. The second-order valence-corrected chi connectivity index (χ2v) is 33.3. The normalized spacial score (nSPS) is 26.5. The van der Waals surface area contributed by atoms with Crippen molar-refractivity contribution in [2.75, 3.05) is 105 Å². The number of fused-ring (bicyclic) bond motifs is 8. The number of nitrogens with zero attached hydrogens (tertiary/aromatic N) is 4. The topological polar surface area (TPSA) is 234 Å². The smallest absolute Gasteiger partial charge is 0.240 e. The highest BCUT2D eigenvalue weighted by molar-refractivity contribution is 7.90. The Morgan fingerprint density at radius 1 is 0.304 bits per heavy atom. The van der Waals surface area contributed by atoms with Crippen molar-refractivity contribution in [1.82, 2.24) is 54.4 Å². The molecule has 23 heteroatoms. The molecule has 4 aromatic carbocycles. The van der Waals surface area contributed by atoms with E-state index in [1.807, 2.05) is 48.5 Å². The van der Waals surface area contributed by atoms with Crippen molar-refractivity contribution in [2.24, 2.45) is 11.8 Å². The van der Waals surface area contributed by atoms with Gasteiger partial charge in [-0.25, -0.2) is 52.6 Å². The zero-order chi connectivity index (χ0) is 65.8. The Labute approximate surface area is 553 Å². The molecular weight excluding hydrogens is 1240 g/mol. The molecule has 8 bridgehead atoms. The van der Waals surface area contributed by atoms with Crippen LogP contribution in [0.5, 0.6) is 0 Å². The first-order valence-electron chi connectivity index (χ1n) is 34.8. The van der Waals surface area contributed by atoms with Gasteiger partial charge in [-0.2, -0.15) is 0 Å². The maximum absolute atomic E-state index is 13.9. The molecule has 4 aliphatic heterocycles. The Morgan fingerprint density at radius 2 is 0.500 bits per heavy atom. The minimum atomic E-state index is -3.79. The average molecular weight is 1350 g/mol. The molecule has 4 heterocycles. The van der Waals surface area contributed by atoms with Crippen molar-refractivity contribution >= 4 is 40.1 Å². The Morgan fingerprint density at radius 3 is 0.707 bits per heavy atom. The lowest BCUT2D eigenvalue weighted by atomic mass is 9.75. The van der Waals surface area contributed by atoms with Crippen molar-refractivity contribution in [2.45, 2.75) is 193 Å². The average Bonchev–Trinajstić information content (AvgIpc) is 1.60. The molecule has 4 saturated heterocycles. The van der Waals surface area contributed by atoms with Crippen LogP contribution in [0.25, 0.3) is 0 Å². The summed E-state index contributed by atoms with van der Waals surface area (Å²) in [5.41, 5.74) is 4.32. The summed E-state index contributed by atoms with van der Waals surface area (Å²) in [6.07, 6.45) is 8.06. The molecule has 12 atom stereocenters. The van der Waals surface area contributed by atoms with Crippen molar-refractivity contribution in [3.8, 4) is 0 Å². The van der Waals surface area contributed by atoms with Gasteiger partial charge in [-0.1, -0.05) is 104 Å². The molecule has 5 aliphatic rings. The fourth-order valence-electron chi connectivity index (χ4n) is 16.3. The fourth-order valence-corrected chi connectivity index (χ4v) is 20.4. The van der Waals surface area contributed by atoms with Gasteiger partial charge in [0.1, 0.15) is 0 Å². The van der Waals surface area contributed by atoms with Gasteiger partial charge in [-0.05, 0) is 193 Å². The minimum Gasteiger partial charge on any atom is -0.310 e. The highest BCUT2D eigenvalue weighted by atomic mass is 32.2. The van der Waals surface area contributed by atoms with E-state index in [1.165, 1.54) is 0 Å². The number of likely N-dealkylation sites (N-methyl/N-ethyl adjacent to an activating group) is 4. The molecule has 5 fully saturated rings. The van der Waals surface area contributed by atoms with Crippen LogP contribution < -0.4 is 34.8 Å². The van der Waals surface area contributed by atoms with Gasteiger partial charge in [0.05, 0.1) is 19.6 Å². The van der Waals surface area contributed by atoms with E-state index < -0.39 is 40.1 Å². The van der Waals surface area contributed by atoms with Crippen LogP contribution in [0.1, 0.15) is 159 Å². The Hall–Kier alpha value is -3.76. The second kappa shape index (κ2) is 33.0. The quantitative estimate of drug-likeness (QED) is 0.0253. The maximum atomic E-state index is 13.9. The second-order valence-electron chi connectivity index (χ2n) is 26.3. The van der Waals surface area contributed by atoms with Gasteiger partial charge in [0.15, 0.2) is 0 Å². The number of rotatable bonds is 32. The molecule has 12 unspecified atom stereocenters. The van der Waals surface area contributed by atoms with Gasteiger partial charge >= 0.3 is 0 Å². The van der Waals surface area contributed by atoms with Gasteiger partial charge in [-0.15, -0.1) is 0 Å². The Bertz CT molecular complexity index is 2910. The van der Waals surface area contributed by atoms with E-state index in [2.05, 4.69) is 110 Å². The van der Waals surface area contributed by atoms with Crippen molar-refractivity contribution < 1.29 is 33.7 Å². The van der Waals surface area contributed by atoms with E-state index in [1.54, 1.807) is 48.5 Å². The van der Waals surface area contributed by atoms with Crippen molar-refractivity contribution in [3.63, 3.8) is 0 Å². The highest BCUT2D eigenvalue weighted by Crippen LogP contribution is 2.52. The number of nitrogens with one attached hydrogen (secondary N) is 7. The van der Waals surface area contributed by atoms with Crippen LogP contribution in [-0.4, -0.2) is 194 Å². The Balaban J connectivity index is 1.09. The molecule has 7 N–H and O–H groups in total. The van der Waals surface area contributed by atoms with Crippen LogP contribution in [0.3, 0.4) is 0 Å². The van der Waals surface area contributed by atoms with Crippen LogP contribution >= 0.6 is 0 Å². The van der Waals surface area contributed by atoms with Crippen LogP contribution in [0, 0.1) is 11.8 Å². The summed E-state index contributed by atoms with van der Waals surface area (Å²) >= 11 is 0. The largest absolute Gasteiger partial charge is 0.310 e. The Kier molecular flexibility index (Phi) is 26.0. The van der Waals surface area contributed by atoms with Crippen LogP contribution in [0.15, 0.2) is 117 Å². The SMILES string of the molecule is CCN(CC)CCNS(=O)(=O)c1ccc(C2C3CCC(C3)C(c3ccc(S(=O)(=O)NCCN(CC)CC)cc3)C3CCC(N3)C(c3ccc(S(=O)(=O)NCCN(CC)CC)cc3)C3CCC(N3)C(c3ccc(S(=O)(=O)NCCN(CC)CC)cc3)C3CCC2N3)cc1. The standard InChI is InChI=1S/C69H109N11O8S4/c1-9-77(10-2)45-41-70-89(81,82)56-27-19-50(20-28-56)66-54-17-18-55(49-54)67(51-21-29-57(30-22-51)90(83,84)71-42-46-78(11-3)12-4)61-36-38-63(75-61)69(53-25-33-59(34-26-53)92(87,88)73-44-48-80(15-7)16-8)65-40-39-64(76-65)68(62-37-35-60(66)74-62)52-23-31-58(32-24-52)91(85,86)72-43-47-79(13-5)14-6/h19-34,54-55,60-76H,9-18,35-49H2,1-8H3. The monoisotopic (exact) mass is 1350 g/mol. The fraction of sp³-hybridized carbons (Fsp3) is 0.652. The van der Waals surface area contributed by atoms with Gasteiger partial charge in [-0.3, -0.25) is 0 Å². The number of hydrogen-bond acceptors (Lipinski definition) is 15. The van der Waals surface area contributed by atoms with E-state index in [-0.39, 0.29) is 91.3 Å². The summed E-state index contributed by atoms with van der Waals surface area (Å²) < 4.78 is 122. The third-order valence-electron chi connectivity index (χ3n) is 21.5. The number of benzene rings is 4. The third kappa shape index (κ3) is 17.7. The van der Waals surface area contributed by atoms with Crippen molar-refractivity contribution in [1.29, 1.82) is 0 Å². The van der Waals surface area contributed by atoms with Crippen LogP contribution in [0.2, 0.25) is 0 Å². The van der Waals surface area contributed by atoms with Gasteiger partial charge in [0.2, 0.25) is 40.1 Å². The van der Waals surface area contributed by atoms with Crippen LogP contribution in [0.4, 0.5) is 0 Å². The lowest BCUT2D eigenvalue weighted by Gasteiger charge is -2.37. The predicted octanol–water partition coefficient (Wildman–Crippen LogP) is 7.39. The van der Waals surface area contributed by atoms with E-state index in [0.29, 0.717) is 52.4 Å². The van der Waals surface area contributed by atoms with E-state index in [4.69, 9.17) is 0 Å². The molecule has 1 saturated carbocycles. The summed E-state index contributed by atoms with van der Waals surface area (Å²) in [4.78, 5) is 9.71. The van der Waals surface area contributed by atoms with E-state index in [0.717, 1.165) is 132 Å². The van der Waals surface area contributed by atoms with Gasteiger partial charge < -0.3 is 35.6 Å². The molecular formula is C69H109N11O8S4. The van der Waals surface area contributed by atoms with Crippen molar-refractivity contribution in [3.05, 3.63) is 119 Å². The predicted molar refractivity (Wildman–Crippen MR) is 369 cm³/mol. The minimum absolute atomic E-state index is 0.00421. The van der Waals surface area contributed by atoms with Gasteiger partial charge in [0, 0.05) is 112 Å². The maximum Gasteiger partial charge on any atom is 0.240 e.